The molecule has 1 aromatic carbocycles. The highest BCUT2D eigenvalue weighted by atomic mass is 16.5. The zero-order valence-electron chi connectivity index (χ0n) is 10.8. The number of carbonyl (C=O) groups is 1. The van der Waals surface area contributed by atoms with Crippen molar-refractivity contribution in [3.05, 3.63) is 53.6 Å². The summed E-state index contributed by atoms with van der Waals surface area (Å²) >= 11 is 0. The zero-order valence-corrected chi connectivity index (χ0v) is 10.8. The van der Waals surface area contributed by atoms with Crippen LogP contribution in [-0.2, 0) is 9.47 Å². The molecule has 1 aliphatic carbocycles. The second-order valence-corrected chi connectivity index (χ2v) is 4.85. The van der Waals surface area contributed by atoms with Crippen LogP contribution in [0.1, 0.15) is 28.8 Å². The standard InChI is InChI=1S/C16H16O3/c1-18-16(17)12-8-6-11(7-9-12)15-10-13-4-2-3-5-14(13)19-15/h3,5-10,13-14H,2,4H2,1H3/t13-,14-/m0/s1. The summed E-state index contributed by atoms with van der Waals surface area (Å²) in [6, 6.07) is 7.34. The predicted molar refractivity (Wildman–Crippen MR) is 72.5 cm³/mol. The molecule has 1 aromatic rings. The molecular formula is C16H16O3. The van der Waals surface area contributed by atoms with E-state index < -0.39 is 0 Å². The van der Waals surface area contributed by atoms with E-state index in [2.05, 4.69) is 23.0 Å². The molecule has 3 rings (SSSR count). The highest BCUT2D eigenvalue weighted by molar-refractivity contribution is 5.89. The lowest BCUT2D eigenvalue weighted by atomic mass is 9.92. The maximum absolute atomic E-state index is 11.4. The Bertz CT molecular complexity index is 540. The molecule has 0 saturated heterocycles. The third kappa shape index (κ3) is 2.28. The van der Waals surface area contributed by atoms with Gasteiger partial charge in [0, 0.05) is 11.5 Å². The van der Waals surface area contributed by atoms with Crippen LogP contribution in [0.3, 0.4) is 0 Å². The van der Waals surface area contributed by atoms with Gasteiger partial charge in [0.1, 0.15) is 11.9 Å². The minimum atomic E-state index is -0.315. The number of benzene rings is 1. The number of hydrogen-bond acceptors (Lipinski definition) is 3. The molecule has 1 aliphatic heterocycles. The van der Waals surface area contributed by atoms with Crippen molar-refractivity contribution in [3.8, 4) is 0 Å². The Labute approximate surface area is 112 Å². The van der Waals surface area contributed by atoms with Crippen LogP contribution < -0.4 is 0 Å². The lowest BCUT2D eigenvalue weighted by molar-refractivity contribution is 0.0600. The number of ether oxygens (including phenoxy) is 2. The van der Waals surface area contributed by atoms with E-state index >= 15 is 0 Å². The Morgan fingerprint density at radius 2 is 2.11 bits per heavy atom. The molecule has 0 radical (unpaired) electrons. The highest BCUT2D eigenvalue weighted by Gasteiger charge is 2.29. The van der Waals surface area contributed by atoms with Gasteiger partial charge in [-0.3, -0.25) is 0 Å². The summed E-state index contributed by atoms with van der Waals surface area (Å²) in [5.74, 6) is 1.09. The van der Waals surface area contributed by atoms with Crippen molar-refractivity contribution in [1.29, 1.82) is 0 Å². The average molecular weight is 256 g/mol. The largest absolute Gasteiger partial charge is 0.485 e. The van der Waals surface area contributed by atoms with Crippen molar-refractivity contribution < 1.29 is 14.3 Å². The number of carbonyl (C=O) groups excluding carboxylic acids is 1. The Balaban J connectivity index is 1.80. The summed E-state index contributed by atoms with van der Waals surface area (Å²) in [5, 5.41) is 0. The minimum Gasteiger partial charge on any atom is -0.485 e. The van der Waals surface area contributed by atoms with Crippen LogP contribution in [0.5, 0.6) is 0 Å². The highest BCUT2D eigenvalue weighted by Crippen LogP contribution is 2.35. The number of allylic oxidation sites excluding steroid dienone is 1. The fourth-order valence-electron chi connectivity index (χ4n) is 2.56. The molecule has 0 spiro atoms. The summed E-state index contributed by atoms with van der Waals surface area (Å²) in [4.78, 5) is 11.4. The van der Waals surface area contributed by atoms with Crippen LogP contribution in [0, 0.1) is 5.92 Å². The first-order chi connectivity index (χ1) is 9.28. The summed E-state index contributed by atoms with van der Waals surface area (Å²) in [5.41, 5.74) is 1.57. The molecule has 1 heterocycles. The van der Waals surface area contributed by atoms with E-state index in [4.69, 9.17) is 4.74 Å². The van der Waals surface area contributed by atoms with Crippen LogP contribution in [0.4, 0.5) is 0 Å². The van der Waals surface area contributed by atoms with Crippen LogP contribution in [0.2, 0.25) is 0 Å². The number of rotatable bonds is 2. The zero-order chi connectivity index (χ0) is 13.2. The number of methoxy groups -OCH3 is 1. The Morgan fingerprint density at radius 3 is 2.79 bits per heavy atom. The van der Waals surface area contributed by atoms with E-state index in [0.717, 1.165) is 24.2 Å². The van der Waals surface area contributed by atoms with E-state index in [-0.39, 0.29) is 12.1 Å². The first-order valence-corrected chi connectivity index (χ1v) is 6.52. The van der Waals surface area contributed by atoms with E-state index in [1.807, 2.05) is 12.1 Å². The average Bonchev–Trinajstić information content (AvgIpc) is 2.90. The van der Waals surface area contributed by atoms with Crippen molar-refractivity contribution in [2.45, 2.75) is 18.9 Å². The van der Waals surface area contributed by atoms with Gasteiger partial charge in [-0.15, -0.1) is 0 Å². The van der Waals surface area contributed by atoms with Crippen molar-refractivity contribution in [3.63, 3.8) is 0 Å². The summed E-state index contributed by atoms with van der Waals surface area (Å²) in [7, 11) is 1.38. The van der Waals surface area contributed by atoms with Gasteiger partial charge < -0.3 is 9.47 Å². The number of hydrogen-bond donors (Lipinski definition) is 0. The summed E-state index contributed by atoms with van der Waals surface area (Å²) in [6.45, 7) is 0. The maximum Gasteiger partial charge on any atom is 0.337 e. The smallest absolute Gasteiger partial charge is 0.337 e. The molecule has 3 nitrogen and oxygen atoms in total. The molecule has 2 atom stereocenters. The SMILES string of the molecule is COC(=O)c1ccc(C2=C[C@@H]3CCC=C[C@@H]3O2)cc1. The molecule has 98 valence electrons. The number of fused-ring (bicyclic) bond motifs is 1. The normalized spacial score (nSPS) is 24.4. The van der Waals surface area contributed by atoms with Crippen molar-refractivity contribution >= 4 is 11.7 Å². The molecule has 3 heteroatoms. The van der Waals surface area contributed by atoms with Gasteiger partial charge in [0.05, 0.1) is 12.7 Å². The molecule has 0 aromatic heterocycles. The third-order valence-corrected chi connectivity index (χ3v) is 3.63. The molecule has 0 bridgehead atoms. The second-order valence-electron chi connectivity index (χ2n) is 4.85. The first kappa shape index (κ1) is 12.0. The van der Waals surface area contributed by atoms with Crippen LogP contribution >= 0.6 is 0 Å². The van der Waals surface area contributed by atoms with Gasteiger partial charge in [0.2, 0.25) is 0 Å². The molecule has 0 amide bonds. The molecule has 0 N–H and O–H groups in total. The fraction of sp³-hybridized carbons (Fsp3) is 0.312. The fourth-order valence-corrected chi connectivity index (χ4v) is 2.56. The lowest BCUT2D eigenvalue weighted by Gasteiger charge is -2.18. The van der Waals surface area contributed by atoms with Crippen molar-refractivity contribution in [2.75, 3.05) is 7.11 Å². The van der Waals surface area contributed by atoms with Gasteiger partial charge in [-0.25, -0.2) is 4.79 Å². The van der Waals surface area contributed by atoms with E-state index in [1.165, 1.54) is 7.11 Å². The summed E-state index contributed by atoms with van der Waals surface area (Å²) < 4.78 is 10.6. The van der Waals surface area contributed by atoms with E-state index in [0.29, 0.717) is 11.5 Å². The summed E-state index contributed by atoms with van der Waals surface area (Å²) in [6.07, 6.45) is 8.96. The second kappa shape index (κ2) is 4.92. The minimum absolute atomic E-state index is 0.184. The predicted octanol–water partition coefficient (Wildman–Crippen LogP) is 3.18. The third-order valence-electron chi connectivity index (χ3n) is 3.63. The van der Waals surface area contributed by atoms with Crippen molar-refractivity contribution in [1.82, 2.24) is 0 Å². The van der Waals surface area contributed by atoms with Gasteiger partial charge >= 0.3 is 5.97 Å². The molecule has 0 saturated carbocycles. The Morgan fingerprint density at radius 1 is 1.32 bits per heavy atom. The van der Waals surface area contributed by atoms with Crippen LogP contribution in [-0.4, -0.2) is 19.2 Å². The Hall–Kier alpha value is -2.03. The quantitative estimate of drug-likeness (QED) is 0.602. The molecule has 0 fully saturated rings. The monoisotopic (exact) mass is 256 g/mol. The van der Waals surface area contributed by atoms with Gasteiger partial charge in [-0.05, 0) is 37.1 Å². The maximum atomic E-state index is 11.4. The van der Waals surface area contributed by atoms with E-state index in [1.54, 1.807) is 12.1 Å². The number of esters is 1. The first-order valence-electron chi connectivity index (χ1n) is 6.52. The van der Waals surface area contributed by atoms with Gasteiger partial charge in [0.15, 0.2) is 0 Å². The van der Waals surface area contributed by atoms with E-state index in [9.17, 15) is 4.79 Å². The molecule has 0 unspecified atom stereocenters. The lowest BCUT2D eigenvalue weighted by Crippen LogP contribution is -2.16. The molecule has 2 aliphatic rings. The van der Waals surface area contributed by atoms with Gasteiger partial charge in [0.25, 0.3) is 0 Å². The van der Waals surface area contributed by atoms with Crippen LogP contribution in [0.15, 0.2) is 42.5 Å². The Kier molecular flexibility index (Phi) is 3.11. The van der Waals surface area contributed by atoms with Gasteiger partial charge in [-0.2, -0.15) is 0 Å². The van der Waals surface area contributed by atoms with Gasteiger partial charge in [-0.1, -0.05) is 18.2 Å². The molecular weight excluding hydrogens is 240 g/mol. The molecule has 19 heavy (non-hydrogen) atoms. The van der Waals surface area contributed by atoms with Crippen molar-refractivity contribution in [2.24, 2.45) is 5.92 Å². The van der Waals surface area contributed by atoms with Crippen LogP contribution in [0.25, 0.3) is 5.76 Å². The topological polar surface area (TPSA) is 35.5 Å².